The summed E-state index contributed by atoms with van der Waals surface area (Å²) in [6.07, 6.45) is 1.18. The van der Waals surface area contributed by atoms with E-state index in [0.29, 0.717) is 16.7 Å². The van der Waals surface area contributed by atoms with E-state index in [-0.39, 0.29) is 17.6 Å². The molecule has 130 valence electrons. The van der Waals surface area contributed by atoms with Gasteiger partial charge in [-0.3, -0.25) is 9.69 Å². The van der Waals surface area contributed by atoms with Crippen LogP contribution in [0.15, 0.2) is 59.6 Å². The highest BCUT2D eigenvalue weighted by Crippen LogP contribution is 2.39. The molecule has 0 aliphatic carbocycles. The van der Waals surface area contributed by atoms with E-state index in [1.165, 1.54) is 11.2 Å². The molecule has 2 aromatic rings. The third-order valence-corrected chi connectivity index (χ3v) is 5.06. The SMILES string of the molecule is CN1C(=O)C(c2ccccc2)(c2cccc(CS(C)(=O)=O)c2)N=C1N. The largest absolute Gasteiger partial charge is 0.369 e. The number of hydrogen-bond acceptors (Lipinski definition) is 5. The first-order chi connectivity index (χ1) is 11.7. The summed E-state index contributed by atoms with van der Waals surface area (Å²) in [5.41, 5.74) is 6.50. The van der Waals surface area contributed by atoms with E-state index in [1.54, 1.807) is 31.3 Å². The van der Waals surface area contributed by atoms with Gasteiger partial charge in [0.2, 0.25) is 0 Å². The molecular formula is C18H19N3O3S. The maximum atomic E-state index is 13.0. The molecule has 3 rings (SSSR count). The van der Waals surface area contributed by atoms with E-state index in [1.807, 2.05) is 30.3 Å². The van der Waals surface area contributed by atoms with Gasteiger partial charge in [0.25, 0.3) is 5.91 Å². The summed E-state index contributed by atoms with van der Waals surface area (Å²) < 4.78 is 23.3. The molecule has 1 atom stereocenters. The molecule has 1 unspecified atom stereocenters. The van der Waals surface area contributed by atoms with Crippen molar-refractivity contribution in [1.29, 1.82) is 0 Å². The van der Waals surface area contributed by atoms with Crippen molar-refractivity contribution >= 4 is 21.7 Å². The van der Waals surface area contributed by atoms with Crippen LogP contribution in [-0.4, -0.2) is 38.5 Å². The van der Waals surface area contributed by atoms with Crippen molar-refractivity contribution in [3.05, 3.63) is 71.3 Å². The van der Waals surface area contributed by atoms with Crippen molar-refractivity contribution in [3.63, 3.8) is 0 Å². The molecule has 1 aliphatic heterocycles. The molecule has 0 bridgehead atoms. The highest BCUT2D eigenvalue weighted by Gasteiger charge is 2.49. The zero-order valence-electron chi connectivity index (χ0n) is 14.0. The van der Waals surface area contributed by atoms with Crippen molar-refractivity contribution in [2.75, 3.05) is 13.3 Å². The Balaban J connectivity index is 2.22. The summed E-state index contributed by atoms with van der Waals surface area (Å²) >= 11 is 0. The van der Waals surface area contributed by atoms with E-state index >= 15 is 0 Å². The smallest absolute Gasteiger partial charge is 0.266 e. The van der Waals surface area contributed by atoms with Crippen molar-refractivity contribution in [3.8, 4) is 0 Å². The summed E-state index contributed by atoms with van der Waals surface area (Å²) in [5, 5.41) is 0. The molecule has 2 N–H and O–H groups in total. The van der Waals surface area contributed by atoms with Crippen molar-refractivity contribution < 1.29 is 13.2 Å². The Morgan fingerprint density at radius 3 is 2.28 bits per heavy atom. The zero-order valence-corrected chi connectivity index (χ0v) is 14.8. The van der Waals surface area contributed by atoms with E-state index in [9.17, 15) is 13.2 Å². The quantitative estimate of drug-likeness (QED) is 0.891. The highest BCUT2D eigenvalue weighted by atomic mass is 32.2. The molecule has 1 amide bonds. The minimum absolute atomic E-state index is 0.102. The van der Waals surface area contributed by atoms with Gasteiger partial charge in [-0.25, -0.2) is 13.4 Å². The summed E-state index contributed by atoms with van der Waals surface area (Å²) in [6.45, 7) is 0. The van der Waals surface area contributed by atoms with Gasteiger partial charge < -0.3 is 5.73 Å². The van der Waals surface area contributed by atoms with Crippen LogP contribution in [0, 0.1) is 0 Å². The molecule has 6 nitrogen and oxygen atoms in total. The minimum atomic E-state index is -3.19. The first-order valence-electron chi connectivity index (χ1n) is 7.70. The number of carbonyl (C=O) groups excluding carboxylic acids is 1. The predicted molar refractivity (Wildman–Crippen MR) is 96.6 cm³/mol. The standard InChI is InChI=1S/C18H19N3O3S/c1-21-16(22)18(20-17(21)19,14-8-4-3-5-9-14)15-10-6-7-13(11-15)12-25(2,23)24/h3-11H,12H2,1-2H3,(H2,19,20). The van der Waals surface area contributed by atoms with Gasteiger partial charge in [-0.1, -0.05) is 54.6 Å². The minimum Gasteiger partial charge on any atom is -0.369 e. The molecule has 0 radical (unpaired) electrons. The van der Waals surface area contributed by atoms with Crippen LogP contribution in [-0.2, 0) is 25.9 Å². The van der Waals surface area contributed by atoms with Gasteiger partial charge in [0.05, 0.1) is 5.75 Å². The van der Waals surface area contributed by atoms with Gasteiger partial charge in [0, 0.05) is 13.3 Å². The molecule has 7 heteroatoms. The second-order valence-electron chi connectivity index (χ2n) is 6.18. The normalized spacial score (nSPS) is 20.6. The lowest BCUT2D eigenvalue weighted by Crippen LogP contribution is -2.41. The van der Waals surface area contributed by atoms with Crippen LogP contribution in [0.1, 0.15) is 16.7 Å². The van der Waals surface area contributed by atoms with E-state index < -0.39 is 15.4 Å². The number of nitrogens with two attached hydrogens (primary N) is 1. The number of amides is 1. The van der Waals surface area contributed by atoms with Gasteiger partial charge in [-0.15, -0.1) is 0 Å². The fraction of sp³-hybridized carbons (Fsp3) is 0.222. The first kappa shape index (κ1) is 17.2. The van der Waals surface area contributed by atoms with E-state index in [0.717, 1.165) is 0 Å². The molecular weight excluding hydrogens is 338 g/mol. The predicted octanol–water partition coefficient (Wildman–Crippen LogP) is 1.26. The molecule has 1 heterocycles. The van der Waals surface area contributed by atoms with Crippen LogP contribution in [0.3, 0.4) is 0 Å². The summed E-state index contributed by atoms with van der Waals surface area (Å²) in [4.78, 5) is 18.8. The van der Waals surface area contributed by atoms with Crippen molar-refractivity contribution in [2.45, 2.75) is 11.3 Å². The third-order valence-electron chi connectivity index (χ3n) is 4.21. The lowest BCUT2D eigenvalue weighted by Gasteiger charge is -2.26. The van der Waals surface area contributed by atoms with Crippen LogP contribution >= 0.6 is 0 Å². The van der Waals surface area contributed by atoms with Crippen molar-refractivity contribution in [2.24, 2.45) is 10.7 Å². The van der Waals surface area contributed by atoms with E-state index in [4.69, 9.17) is 5.73 Å². The average Bonchev–Trinajstić information content (AvgIpc) is 2.79. The Bertz CT molecular complexity index is 955. The molecule has 25 heavy (non-hydrogen) atoms. The molecule has 0 spiro atoms. The van der Waals surface area contributed by atoms with Crippen LogP contribution in [0.25, 0.3) is 0 Å². The molecule has 0 saturated carbocycles. The number of sulfone groups is 1. The maximum absolute atomic E-state index is 13.0. The van der Waals surface area contributed by atoms with Crippen LogP contribution in [0.4, 0.5) is 0 Å². The molecule has 0 saturated heterocycles. The Morgan fingerprint density at radius 2 is 1.72 bits per heavy atom. The first-order valence-corrected chi connectivity index (χ1v) is 9.76. The second kappa shape index (κ2) is 6.00. The zero-order chi connectivity index (χ0) is 18.2. The van der Waals surface area contributed by atoms with Gasteiger partial charge in [-0.2, -0.15) is 0 Å². The van der Waals surface area contributed by atoms with Crippen LogP contribution in [0.5, 0.6) is 0 Å². The number of hydrogen-bond donors (Lipinski definition) is 1. The number of nitrogens with zero attached hydrogens (tertiary/aromatic N) is 2. The number of rotatable bonds is 4. The fourth-order valence-corrected chi connectivity index (χ4v) is 3.84. The number of likely N-dealkylation sites (N-methyl/N-ethyl adjacent to an activating group) is 1. The lowest BCUT2D eigenvalue weighted by molar-refractivity contribution is -0.129. The monoisotopic (exact) mass is 357 g/mol. The highest BCUT2D eigenvalue weighted by molar-refractivity contribution is 7.89. The number of carbonyl (C=O) groups is 1. The molecule has 2 aromatic carbocycles. The average molecular weight is 357 g/mol. The summed E-state index contributed by atoms with van der Waals surface area (Å²) in [6, 6.07) is 16.1. The Labute approximate surface area is 146 Å². The maximum Gasteiger partial charge on any atom is 0.266 e. The Morgan fingerprint density at radius 1 is 1.08 bits per heavy atom. The lowest BCUT2D eigenvalue weighted by atomic mass is 9.82. The molecule has 1 aliphatic rings. The summed E-state index contributed by atoms with van der Waals surface area (Å²) in [7, 11) is -1.62. The Hall–Kier alpha value is -2.67. The van der Waals surface area contributed by atoms with Gasteiger partial charge >= 0.3 is 0 Å². The number of aliphatic imine (C=N–C) groups is 1. The van der Waals surface area contributed by atoms with E-state index in [2.05, 4.69) is 4.99 Å². The van der Waals surface area contributed by atoms with Crippen molar-refractivity contribution in [1.82, 2.24) is 4.90 Å². The van der Waals surface area contributed by atoms with Gasteiger partial charge in [0.15, 0.2) is 21.3 Å². The topological polar surface area (TPSA) is 92.8 Å². The van der Waals surface area contributed by atoms with Gasteiger partial charge in [-0.05, 0) is 16.7 Å². The molecule has 0 fully saturated rings. The molecule has 0 aromatic heterocycles. The second-order valence-corrected chi connectivity index (χ2v) is 8.32. The van der Waals surface area contributed by atoms with Crippen LogP contribution < -0.4 is 5.73 Å². The summed E-state index contributed by atoms with van der Waals surface area (Å²) in [5.74, 6) is -0.246. The fourth-order valence-electron chi connectivity index (χ4n) is 3.05. The van der Waals surface area contributed by atoms with Gasteiger partial charge in [0.1, 0.15) is 0 Å². The number of guanidine groups is 1. The van der Waals surface area contributed by atoms with Crippen LogP contribution in [0.2, 0.25) is 0 Å². The Kier molecular flexibility index (Phi) is 4.12. The third kappa shape index (κ3) is 3.02. The number of benzene rings is 2.